The molecule has 0 saturated carbocycles. The molecule has 8 bridgehead atoms. The lowest BCUT2D eigenvalue weighted by Gasteiger charge is -2.22. The first-order valence-electron chi connectivity index (χ1n) is 26.0. The molecule has 36 heteroatoms. The molecule has 11 amide bonds. The first kappa shape index (κ1) is 66.7. The predicted octanol–water partition coefficient (Wildman–Crippen LogP) is -7.41. The van der Waals surface area contributed by atoms with E-state index in [1.165, 1.54) is 35.3 Å². The minimum atomic E-state index is -1.34. The molecule has 14 N–H and O–H groups in total. The van der Waals surface area contributed by atoms with Crippen LogP contribution < -0.4 is 64.2 Å². The maximum absolute atomic E-state index is 13.6. The van der Waals surface area contributed by atoms with Crippen LogP contribution in [-0.4, -0.2) is 210 Å². The molecule has 2 aliphatic rings. The Kier molecular flexibility index (Phi) is 26.9. The number of aromatic nitrogens is 6. The van der Waals surface area contributed by atoms with Crippen LogP contribution in [0.2, 0.25) is 0 Å². The van der Waals surface area contributed by atoms with E-state index < -0.39 is 147 Å². The molecule has 3 aromatic rings. The van der Waals surface area contributed by atoms with Gasteiger partial charge in [0.05, 0.1) is 99.1 Å². The highest BCUT2D eigenvalue weighted by atomic mass is 32.2. The monoisotopic (exact) mass is 1230 g/mol. The van der Waals surface area contributed by atoms with E-state index in [9.17, 15) is 67.4 Å². The second-order valence-corrected chi connectivity index (χ2v) is 22.1. The Bertz CT molecular complexity index is 2910. The normalized spacial score (nSPS) is 22.1. The largest absolute Gasteiger partial charge is 0.480 e. The van der Waals surface area contributed by atoms with Gasteiger partial charge in [0.25, 0.3) is 0 Å². The number of fused-ring (bicyclic) bond motifs is 8. The average molecular weight is 1230 g/mol. The number of hydrogen-bond donors (Lipinski definition) is 13. The summed E-state index contributed by atoms with van der Waals surface area (Å²) in [6.07, 6.45) is -0.549. The molecule has 33 nitrogen and oxygen atoms in total. The van der Waals surface area contributed by atoms with Crippen LogP contribution in [0.25, 0.3) is 0 Å². The lowest BCUT2D eigenvalue weighted by Crippen LogP contribution is -2.53. The molecule has 0 aliphatic carbocycles. The van der Waals surface area contributed by atoms with Gasteiger partial charge in [-0.15, -0.1) is 0 Å². The van der Waals surface area contributed by atoms with Crippen molar-refractivity contribution in [1.82, 2.24) is 92.7 Å². The number of ketones is 1. The lowest BCUT2D eigenvalue weighted by atomic mass is 10.2. The van der Waals surface area contributed by atoms with Crippen LogP contribution in [0.5, 0.6) is 0 Å². The smallest absolute Gasteiger partial charge is 0.327 e. The van der Waals surface area contributed by atoms with Gasteiger partial charge in [0, 0.05) is 88.1 Å². The summed E-state index contributed by atoms with van der Waals surface area (Å²) >= 11 is 3.77. The molecule has 0 saturated heterocycles. The van der Waals surface area contributed by atoms with E-state index >= 15 is 0 Å². The number of rotatable bonds is 1. The number of nitrogens with two attached hydrogens (primary N) is 1. The number of thioether (sulfide) groups is 3. The Morgan fingerprint density at radius 1 is 0.464 bits per heavy atom. The zero-order valence-corrected chi connectivity index (χ0v) is 48.7. The molecule has 0 spiro atoms. The standard InChI is InChI=1S/C48H69N19O14S3/c1-64-30-6-27(61-64)21-82-24-34(49)46(78)57-9-33(68)4-5-37(69)50-10-38(70)51-13-41(73)55-16-44(76)59-35-25-83-22-28-7-31(65(2)62-28)19-67(18-30)20-32-8-29(63-66(32)3)23-84-26-36(48(80)81)60-45(77)17-56-42(74)14-53-39(71)11-52-40(72)12-54-43(75)15-58-47(35)79/h6-8,34-36H,4-5,9-26,49H2,1-3H3,(H,50,69)(H,51,70)(H,52,72)(H,53,71)(H,54,75)(H,55,73)(H,56,74)(H,57,78)(H,58,79)(H,59,76)(H,60,77)(H,80,81)/t34-,35-,36-/m0/s1. The van der Waals surface area contributed by atoms with E-state index in [4.69, 9.17) is 15.9 Å². The van der Waals surface area contributed by atoms with Crippen LogP contribution in [0.1, 0.15) is 47.0 Å². The highest BCUT2D eigenvalue weighted by Gasteiger charge is 2.26. The molecule has 1 unspecified atom stereocenters. The summed E-state index contributed by atoms with van der Waals surface area (Å²) in [5.74, 6) is -9.34. The number of amides is 11. The summed E-state index contributed by atoms with van der Waals surface area (Å²) < 4.78 is 5.13. The second-order valence-electron chi connectivity index (χ2n) is 19.0. The summed E-state index contributed by atoms with van der Waals surface area (Å²) in [6.45, 7) is -4.27. The third-order valence-electron chi connectivity index (χ3n) is 12.1. The number of Topliss-reactive ketones (excluding diaryl/α,β-unsaturated/α-hetero) is 1. The topological polar surface area (TPSA) is 457 Å². The molecule has 0 aromatic carbocycles. The molecule has 84 heavy (non-hydrogen) atoms. The lowest BCUT2D eigenvalue weighted by molar-refractivity contribution is -0.141. The van der Waals surface area contributed by atoms with E-state index in [0.717, 1.165) is 17.1 Å². The van der Waals surface area contributed by atoms with Gasteiger partial charge in [0.15, 0.2) is 5.78 Å². The summed E-state index contributed by atoms with van der Waals surface area (Å²) in [5, 5.41) is 49.8. The van der Waals surface area contributed by atoms with Gasteiger partial charge in [-0.05, 0) is 18.2 Å². The van der Waals surface area contributed by atoms with Crippen LogP contribution in [0.3, 0.4) is 0 Å². The highest BCUT2D eigenvalue weighted by Crippen LogP contribution is 2.21. The number of aryl methyl sites for hydroxylation is 3. The van der Waals surface area contributed by atoms with Crippen molar-refractivity contribution in [3.05, 3.63) is 52.4 Å². The van der Waals surface area contributed by atoms with Gasteiger partial charge < -0.3 is 69.3 Å². The minimum absolute atomic E-state index is 0.0613. The van der Waals surface area contributed by atoms with Gasteiger partial charge >= 0.3 is 5.97 Å². The predicted molar refractivity (Wildman–Crippen MR) is 302 cm³/mol. The van der Waals surface area contributed by atoms with Crippen molar-refractivity contribution < 1.29 is 67.4 Å². The zero-order valence-electron chi connectivity index (χ0n) is 46.3. The van der Waals surface area contributed by atoms with Crippen molar-refractivity contribution in [3.8, 4) is 0 Å². The number of carboxylic acid groups (broad SMARTS) is 1. The van der Waals surface area contributed by atoms with Crippen LogP contribution >= 0.6 is 35.3 Å². The van der Waals surface area contributed by atoms with Crippen LogP contribution in [0, 0.1) is 0 Å². The van der Waals surface area contributed by atoms with Gasteiger partial charge in [0.2, 0.25) is 65.0 Å². The highest BCUT2D eigenvalue weighted by molar-refractivity contribution is 7.99. The van der Waals surface area contributed by atoms with Crippen LogP contribution in [0.15, 0.2) is 18.2 Å². The first-order chi connectivity index (χ1) is 40.0. The van der Waals surface area contributed by atoms with E-state index in [0.29, 0.717) is 42.5 Å². The number of carbonyl (C=O) groups excluding carboxylic acids is 12. The van der Waals surface area contributed by atoms with Gasteiger partial charge in [-0.1, -0.05) is 0 Å². The summed E-state index contributed by atoms with van der Waals surface area (Å²) in [6, 6.07) is 2.06. The Balaban J connectivity index is 1.40. The average Bonchev–Trinajstić information content (AvgIpc) is 4.30. The molecular formula is C48H69N19O14S3. The molecule has 4 atom stereocenters. The Morgan fingerprint density at radius 2 is 0.821 bits per heavy atom. The summed E-state index contributed by atoms with van der Waals surface area (Å²) in [7, 11) is 5.32. The number of carboxylic acids is 1. The number of hydrogen-bond acceptors (Lipinski definition) is 21. The molecule has 5 rings (SSSR count). The molecule has 0 fully saturated rings. The van der Waals surface area contributed by atoms with Crippen molar-refractivity contribution in [2.24, 2.45) is 26.9 Å². The van der Waals surface area contributed by atoms with Gasteiger partial charge in [0.1, 0.15) is 12.1 Å². The molecular weight excluding hydrogens is 1160 g/mol. The molecule has 458 valence electrons. The molecule has 0 radical (unpaired) electrons. The second kappa shape index (κ2) is 33.9. The zero-order chi connectivity index (χ0) is 61.3. The van der Waals surface area contributed by atoms with Gasteiger partial charge in [-0.25, -0.2) is 4.79 Å². The van der Waals surface area contributed by atoms with Gasteiger partial charge in [-0.3, -0.25) is 76.5 Å². The van der Waals surface area contributed by atoms with E-state index in [1.807, 2.05) is 18.2 Å². The third kappa shape index (κ3) is 24.0. The maximum Gasteiger partial charge on any atom is 0.327 e. The summed E-state index contributed by atoms with van der Waals surface area (Å²) in [5.41, 5.74) is 10.4. The van der Waals surface area contributed by atoms with E-state index in [1.54, 1.807) is 35.2 Å². The van der Waals surface area contributed by atoms with Crippen LogP contribution in [0.4, 0.5) is 0 Å². The van der Waals surface area contributed by atoms with Crippen molar-refractivity contribution in [1.29, 1.82) is 0 Å². The molecule has 5 heterocycles. The number of carbonyl (C=O) groups is 13. The van der Waals surface area contributed by atoms with Crippen molar-refractivity contribution in [2.45, 2.75) is 67.9 Å². The van der Waals surface area contributed by atoms with Crippen molar-refractivity contribution in [2.75, 3.05) is 76.2 Å². The number of nitrogens with one attached hydrogen (secondary N) is 11. The fraction of sp³-hybridized carbons (Fsp3) is 0.542. The summed E-state index contributed by atoms with van der Waals surface area (Å²) in [4.78, 5) is 166. The molecule has 3 aromatic heterocycles. The van der Waals surface area contributed by atoms with E-state index in [-0.39, 0.29) is 48.2 Å². The van der Waals surface area contributed by atoms with Crippen LogP contribution in [-0.2, 0) is 120 Å². The van der Waals surface area contributed by atoms with Crippen molar-refractivity contribution in [3.63, 3.8) is 0 Å². The van der Waals surface area contributed by atoms with Gasteiger partial charge in [-0.2, -0.15) is 50.6 Å². The Morgan fingerprint density at radius 3 is 1.25 bits per heavy atom. The fourth-order valence-corrected chi connectivity index (χ4v) is 10.4. The minimum Gasteiger partial charge on any atom is -0.480 e. The Hall–Kier alpha value is -8.09. The third-order valence-corrected chi connectivity index (χ3v) is 15.3. The fourth-order valence-electron chi connectivity index (χ4n) is 7.67. The van der Waals surface area contributed by atoms with Crippen molar-refractivity contribution >= 4 is 112 Å². The first-order valence-corrected chi connectivity index (χ1v) is 29.5. The number of nitrogens with zero attached hydrogens (tertiary/aromatic N) is 7. The Labute approximate surface area is 493 Å². The maximum atomic E-state index is 13.6. The van der Waals surface area contributed by atoms with E-state index in [2.05, 4.69) is 68.5 Å². The SMILES string of the molecule is Cn1nc2cc1CN1Cc3cc(nn3C)CSC[C@H](NC(=O)CNC(=O)CNC(=O)CNC(=O)CCC(=O)CNC(=O)[C@@H](N)CSCc3cc(n(C)n3)C1)C(=O)NCC(=O)NCC(=O)NCC(=O)NCC(=O)NCC(=O)N[C@H](C(=O)O)CSC2. The molecule has 2 aliphatic heterocycles. The number of aliphatic carboxylic acids is 1. The quantitative estimate of drug-likeness (QED) is 0.108.